The molecule has 1 aromatic heterocycles. The summed E-state index contributed by atoms with van der Waals surface area (Å²) in [5.41, 5.74) is 3.37. The van der Waals surface area contributed by atoms with Gasteiger partial charge >= 0.3 is 0 Å². The Balaban J connectivity index is 1.60. The molecule has 126 valence electrons. The third-order valence-electron chi connectivity index (χ3n) is 4.72. The minimum Gasteiger partial charge on any atom is -0.350 e. The van der Waals surface area contributed by atoms with Crippen molar-refractivity contribution in [2.75, 3.05) is 0 Å². The highest BCUT2D eigenvalue weighted by atomic mass is 32.1. The number of allylic oxidation sites excluding steroid dienone is 2. The van der Waals surface area contributed by atoms with Crippen LogP contribution in [0.4, 0.5) is 0 Å². The highest BCUT2D eigenvalue weighted by Gasteiger charge is 2.60. The lowest BCUT2D eigenvalue weighted by atomic mass is 10.1. The maximum Gasteiger partial charge on any atom is 0.224 e. The van der Waals surface area contributed by atoms with E-state index >= 15 is 0 Å². The number of nitrogens with zero attached hydrogens (tertiary/aromatic N) is 1. The highest BCUT2D eigenvalue weighted by molar-refractivity contribution is 7.13. The summed E-state index contributed by atoms with van der Waals surface area (Å²) in [4.78, 5) is 17.1. The van der Waals surface area contributed by atoms with E-state index in [0.29, 0.717) is 12.5 Å². The van der Waals surface area contributed by atoms with E-state index in [4.69, 9.17) is 0 Å². The van der Waals surface area contributed by atoms with Crippen LogP contribution in [0.25, 0.3) is 10.6 Å². The Bertz CT molecular complexity index is 757. The maximum absolute atomic E-state index is 12.5. The predicted molar refractivity (Wildman–Crippen MR) is 99.6 cm³/mol. The van der Waals surface area contributed by atoms with Gasteiger partial charge in [-0.2, -0.15) is 0 Å². The molecule has 1 N–H and O–H groups in total. The van der Waals surface area contributed by atoms with Gasteiger partial charge in [-0.1, -0.05) is 55.8 Å². The molecule has 4 heteroatoms. The minimum atomic E-state index is 0.0542. The molecule has 2 unspecified atom stereocenters. The van der Waals surface area contributed by atoms with Crippen LogP contribution in [0.15, 0.2) is 47.4 Å². The zero-order valence-electron chi connectivity index (χ0n) is 14.7. The number of hydrogen-bond acceptors (Lipinski definition) is 3. The van der Waals surface area contributed by atoms with Gasteiger partial charge in [0.05, 0.1) is 18.2 Å². The average Bonchev–Trinajstić information content (AvgIpc) is 2.90. The molecule has 1 saturated carbocycles. The molecule has 1 aliphatic rings. The van der Waals surface area contributed by atoms with E-state index in [1.807, 2.05) is 23.6 Å². The van der Waals surface area contributed by atoms with Gasteiger partial charge < -0.3 is 5.32 Å². The molecule has 2 atom stereocenters. The first-order valence-electron chi connectivity index (χ1n) is 8.32. The van der Waals surface area contributed by atoms with Crippen molar-refractivity contribution in [2.45, 2.75) is 34.2 Å². The van der Waals surface area contributed by atoms with Crippen LogP contribution in [-0.2, 0) is 11.3 Å². The Morgan fingerprint density at radius 3 is 2.67 bits per heavy atom. The molecule has 0 spiro atoms. The monoisotopic (exact) mass is 340 g/mol. The van der Waals surface area contributed by atoms with Crippen molar-refractivity contribution >= 4 is 17.2 Å². The van der Waals surface area contributed by atoms with Crippen LogP contribution < -0.4 is 5.32 Å². The molecule has 0 radical (unpaired) electrons. The Labute approximate surface area is 147 Å². The number of thiazole rings is 1. The van der Waals surface area contributed by atoms with Crippen molar-refractivity contribution in [2.24, 2.45) is 17.3 Å². The molecule has 1 fully saturated rings. The molecule has 1 aromatic carbocycles. The van der Waals surface area contributed by atoms with Gasteiger partial charge in [-0.25, -0.2) is 4.98 Å². The quantitative estimate of drug-likeness (QED) is 0.804. The Hall–Kier alpha value is -1.94. The molecule has 3 nitrogen and oxygen atoms in total. The molecule has 24 heavy (non-hydrogen) atoms. The van der Waals surface area contributed by atoms with Crippen LogP contribution in [0.1, 0.15) is 33.4 Å². The molecule has 1 heterocycles. The first-order valence-corrected chi connectivity index (χ1v) is 9.20. The molecule has 0 bridgehead atoms. The van der Waals surface area contributed by atoms with E-state index in [2.05, 4.69) is 56.2 Å². The molecule has 3 rings (SSSR count). The third kappa shape index (κ3) is 3.44. The van der Waals surface area contributed by atoms with E-state index in [0.717, 1.165) is 16.3 Å². The first kappa shape index (κ1) is 16.9. The SMILES string of the molecule is CC(C)=CC1C(C(=O)NCc2csc(-c3ccccc3)n2)C1(C)C. The number of benzene rings is 1. The van der Waals surface area contributed by atoms with Gasteiger partial charge in [-0.15, -0.1) is 11.3 Å². The Kier molecular flexibility index (Phi) is 4.59. The van der Waals surface area contributed by atoms with E-state index in [1.54, 1.807) is 11.3 Å². The van der Waals surface area contributed by atoms with Crippen molar-refractivity contribution in [3.63, 3.8) is 0 Å². The van der Waals surface area contributed by atoms with E-state index in [-0.39, 0.29) is 17.2 Å². The second-order valence-electron chi connectivity index (χ2n) is 7.30. The van der Waals surface area contributed by atoms with Crippen molar-refractivity contribution in [1.29, 1.82) is 0 Å². The van der Waals surface area contributed by atoms with Crippen LogP contribution >= 0.6 is 11.3 Å². The van der Waals surface area contributed by atoms with E-state index in [9.17, 15) is 4.79 Å². The lowest BCUT2D eigenvalue weighted by molar-refractivity contribution is -0.123. The molecule has 2 aromatic rings. The lowest BCUT2D eigenvalue weighted by Crippen LogP contribution is -2.26. The first-order chi connectivity index (χ1) is 11.4. The number of amides is 1. The fourth-order valence-electron chi connectivity index (χ4n) is 3.24. The summed E-state index contributed by atoms with van der Waals surface area (Å²) < 4.78 is 0. The fourth-order valence-corrected chi connectivity index (χ4v) is 4.06. The summed E-state index contributed by atoms with van der Waals surface area (Å²) in [6.45, 7) is 9.00. The van der Waals surface area contributed by atoms with Gasteiger partial charge in [-0.05, 0) is 25.2 Å². The number of carbonyl (C=O) groups excluding carboxylic acids is 1. The van der Waals surface area contributed by atoms with Gasteiger partial charge in [0, 0.05) is 10.9 Å². The molecular formula is C20H24N2OS. The summed E-state index contributed by atoms with van der Waals surface area (Å²) in [5, 5.41) is 6.08. The van der Waals surface area contributed by atoms with Gasteiger partial charge in [0.2, 0.25) is 5.91 Å². The van der Waals surface area contributed by atoms with Gasteiger partial charge in [0.25, 0.3) is 0 Å². The summed E-state index contributed by atoms with van der Waals surface area (Å²) in [6.07, 6.45) is 2.22. The van der Waals surface area contributed by atoms with Gasteiger partial charge in [0.1, 0.15) is 5.01 Å². The number of nitrogens with one attached hydrogen (secondary N) is 1. The molecule has 1 amide bonds. The Morgan fingerprint density at radius 2 is 2.00 bits per heavy atom. The summed E-state index contributed by atoms with van der Waals surface area (Å²) >= 11 is 1.62. The summed E-state index contributed by atoms with van der Waals surface area (Å²) in [6, 6.07) is 10.1. The largest absolute Gasteiger partial charge is 0.350 e. The predicted octanol–water partition coefficient (Wildman–Crippen LogP) is 4.66. The number of aromatic nitrogens is 1. The molecule has 0 aliphatic heterocycles. The zero-order chi connectivity index (χ0) is 17.3. The maximum atomic E-state index is 12.5. The number of rotatable bonds is 5. The van der Waals surface area contributed by atoms with Crippen molar-refractivity contribution in [3.05, 3.63) is 53.1 Å². The number of carbonyl (C=O) groups is 1. The van der Waals surface area contributed by atoms with Crippen molar-refractivity contribution in [1.82, 2.24) is 10.3 Å². The second-order valence-corrected chi connectivity index (χ2v) is 8.15. The Morgan fingerprint density at radius 1 is 1.29 bits per heavy atom. The van der Waals surface area contributed by atoms with E-state index < -0.39 is 0 Å². The standard InChI is InChI=1S/C20H24N2OS/c1-13(2)10-16-17(20(16,3)4)18(23)21-11-15-12-24-19(22-15)14-8-6-5-7-9-14/h5-10,12,16-17H,11H2,1-4H3,(H,21,23). The van der Waals surface area contributed by atoms with Crippen LogP contribution in [0.3, 0.4) is 0 Å². The topological polar surface area (TPSA) is 42.0 Å². The average molecular weight is 340 g/mol. The smallest absolute Gasteiger partial charge is 0.224 e. The number of hydrogen-bond donors (Lipinski definition) is 1. The molecule has 1 aliphatic carbocycles. The fraction of sp³-hybridized carbons (Fsp3) is 0.400. The normalized spacial score (nSPS) is 21.2. The lowest BCUT2D eigenvalue weighted by Gasteiger charge is -2.04. The van der Waals surface area contributed by atoms with Crippen LogP contribution in [0, 0.1) is 17.3 Å². The van der Waals surface area contributed by atoms with Crippen LogP contribution in [0.2, 0.25) is 0 Å². The summed E-state index contributed by atoms with van der Waals surface area (Å²) in [7, 11) is 0. The summed E-state index contributed by atoms with van der Waals surface area (Å²) in [5.74, 6) is 0.550. The molecule has 0 saturated heterocycles. The third-order valence-corrected chi connectivity index (χ3v) is 5.66. The zero-order valence-corrected chi connectivity index (χ0v) is 15.5. The highest BCUT2D eigenvalue weighted by Crippen LogP contribution is 2.59. The minimum absolute atomic E-state index is 0.0542. The van der Waals surface area contributed by atoms with Crippen LogP contribution in [0.5, 0.6) is 0 Å². The van der Waals surface area contributed by atoms with Crippen molar-refractivity contribution in [3.8, 4) is 10.6 Å². The second kappa shape index (κ2) is 6.52. The van der Waals surface area contributed by atoms with Crippen molar-refractivity contribution < 1.29 is 4.79 Å². The van der Waals surface area contributed by atoms with Gasteiger partial charge in [0.15, 0.2) is 0 Å². The molecular weight excluding hydrogens is 316 g/mol. The van der Waals surface area contributed by atoms with E-state index in [1.165, 1.54) is 5.57 Å². The van der Waals surface area contributed by atoms with Crippen LogP contribution in [-0.4, -0.2) is 10.9 Å². The van der Waals surface area contributed by atoms with Gasteiger partial charge in [-0.3, -0.25) is 4.79 Å².